The molecule has 3 fully saturated rings. The summed E-state index contributed by atoms with van der Waals surface area (Å²) < 4.78 is 15.3. The molecule has 160 valence electrons. The average Bonchev–Trinajstić information content (AvgIpc) is 2.89. The normalized spacial score (nSPS) is 52.2. The molecule has 10 atom stereocenters. The predicted molar refractivity (Wildman–Crippen MR) is 105 cm³/mol. The van der Waals surface area contributed by atoms with Crippen LogP contribution in [0.5, 0.6) is 0 Å². The van der Waals surface area contributed by atoms with Gasteiger partial charge in [-0.2, -0.15) is 0 Å². The third-order valence-electron chi connectivity index (χ3n) is 8.66. The number of carboxylic acids is 1. The van der Waals surface area contributed by atoms with E-state index in [9.17, 15) is 24.9 Å². The molecule has 0 aromatic rings. The van der Waals surface area contributed by atoms with Gasteiger partial charge < -0.3 is 15.3 Å². The molecule has 0 radical (unpaired) electrons. The van der Waals surface area contributed by atoms with Crippen molar-refractivity contribution in [1.29, 1.82) is 0 Å². The number of carboxylic acid groups (broad SMARTS) is 1. The number of halogens is 2. The molecule has 0 aromatic carbocycles. The summed E-state index contributed by atoms with van der Waals surface area (Å²) in [4.78, 5) is 22.2. The summed E-state index contributed by atoms with van der Waals surface area (Å²) in [6, 6.07) is 0. The Labute approximate surface area is 174 Å². The first-order valence-corrected chi connectivity index (χ1v) is 10.6. The molecule has 4 aliphatic rings. The second kappa shape index (κ2) is 6.38. The maximum atomic E-state index is 15.3. The Hall–Kier alpha value is -1.24. The fraction of sp³-hybridized carbons (Fsp3) is 0.727. The van der Waals surface area contributed by atoms with E-state index in [1.165, 1.54) is 12.2 Å². The monoisotopic (exact) mass is 426 g/mol. The van der Waals surface area contributed by atoms with Gasteiger partial charge in [-0.15, -0.1) is 11.6 Å². The molecular weight excluding hydrogens is 399 g/mol. The van der Waals surface area contributed by atoms with Crippen LogP contribution in [0.25, 0.3) is 0 Å². The van der Waals surface area contributed by atoms with Crippen LogP contribution in [-0.2, 0) is 9.59 Å². The Morgan fingerprint density at radius 3 is 2.59 bits per heavy atom. The van der Waals surface area contributed by atoms with Crippen molar-refractivity contribution in [2.75, 3.05) is 0 Å². The topological polar surface area (TPSA) is 94.8 Å². The molecule has 0 aromatic heterocycles. The quantitative estimate of drug-likeness (QED) is 0.590. The number of carbonyl (C=O) groups excluding carboxylic acids is 1. The number of carbonyl (C=O) groups is 2. The second-order valence-corrected chi connectivity index (χ2v) is 10.6. The van der Waals surface area contributed by atoms with E-state index in [1.807, 2.05) is 13.8 Å². The van der Waals surface area contributed by atoms with Gasteiger partial charge in [0, 0.05) is 11.3 Å². The number of rotatable bonds is 2. The predicted octanol–water partition coefficient (Wildman–Crippen LogP) is 2.88. The Kier molecular flexibility index (Phi) is 4.62. The number of aliphatic carboxylic acids is 1. The highest BCUT2D eigenvalue weighted by Gasteiger charge is 2.71. The lowest BCUT2D eigenvalue weighted by atomic mass is 9.45. The van der Waals surface area contributed by atoms with Crippen molar-refractivity contribution >= 4 is 23.4 Å². The maximum absolute atomic E-state index is 15.3. The van der Waals surface area contributed by atoms with Crippen LogP contribution in [0.3, 0.4) is 0 Å². The van der Waals surface area contributed by atoms with E-state index < -0.39 is 51.9 Å². The minimum Gasteiger partial charge on any atom is -0.479 e. The summed E-state index contributed by atoms with van der Waals surface area (Å²) in [5.41, 5.74) is -1.38. The third kappa shape index (κ3) is 2.52. The number of hydrogen-bond donors (Lipinski definition) is 3. The van der Waals surface area contributed by atoms with Crippen molar-refractivity contribution in [2.24, 2.45) is 34.5 Å². The molecule has 0 spiro atoms. The Morgan fingerprint density at radius 2 is 1.97 bits per heavy atom. The SMILES string of the molecule is C[C@@H]1C[C@H]2[C@@H]3C[C@H](F)C4=CC(=O)C=C[C@]4(C)[C@@]3(Cl)[C@@H](O)C[C@]2(C)[C@H]1[C@@H](O)C(=O)O. The molecule has 0 unspecified atom stereocenters. The zero-order valence-electron chi connectivity index (χ0n) is 16.8. The number of hydrogen-bond acceptors (Lipinski definition) is 4. The maximum Gasteiger partial charge on any atom is 0.332 e. The standard InChI is InChI=1S/C22H28ClFO5/c1-10-6-12-13-8-15(24)14-7-11(25)4-5-21(14,3)22(13,23)16(26)9-20(12,2)17(10)18(27)19(28)29/h4-5,7,10,12-13,15-18,26-27H,6,8-9H2,1-3H3,(H,28,29)/t10-,12+,13+,15+,16+,17-,18-,20+,21+,22+/m1/s1. The van der Waals surface area contributed by atoms with E-state index in [-0.39, 0.29) is 30.5 Å². The molecule has 0 heterocycles. The largest absolute Gasteiger partial charge is 0.479 e. The number of alkyl halides is 2. The summed E-state index contributed by atoms with van der Waals surface area (Å²) in [5, 5.41) is 31.2. The smallest absolute Gasteiger partial charge is 0.332 e. The van der Waals surface area contributed by atoms with Crippen LogP contribution in [0.4, 0.5) is 4.39 Å². The van der Waals surface area contributed by atoms with Crippen LogP contribution in [0.2, 0.25) is 0 Å². The number of allylic oxidation sites excluding steroid dienone is 4. The van der Waals surface area contributed by atoms with Gasteiger partial charge in [-0.3, -0.25) is 4.79 Å². The van der Waals surface area contributed by atoms with E-state index in [4.69, 9.17) is 11.6 Å². The van der Waals surface area contributed by atoms with Gasteiger partial charge in [0.15, 0.2) is 11.9 Å². The van der Waals surface area contributed by atoms with Crippen LogP contribution >= 0.6 is 11.6 Å². The van der Waals surface area contributed by atoms with E-state index in [0.29, 0.717) is 12.0 Å². The first-order valence-electron chi connectivity index (χ1n) is 10.2. The van der Waals surface area contributed by atoms with Crippen molar-refractivity contribution in [1.82, 2.24) is 0 Å². The lowest BCUT2D eigenvalue weighted by Gasteiger charge is -2.63. The number of fused-ring (bicyclic) bond motifs is 5. The molecular formula is C22H28ClFO5. The van der Waals surface area contributed by atoms with Gasteiger partial charge >= 0.3 is 5.97 Å². The van der Waals surface area contributed by atoms with Gasteiger partial charge in [0.25, 0.3) is 0 Å². The Balaban J connectivity index is 1.82. The Bertz CT molecular complexity index is 826. The van der Waals surface area contributed by atoms with Crippen molar-refractivity contribution < 1.29 is 29.3 Å². The van der Waals surface area contributed by atoms with Gasteiger partial charge in [-0.25, -0.2) is 9.18 Å². The van der Waals surface area contributed by atoms with Crippen LogP contribution in [0, 0.1) is 34.5 Å². The first kappa shape index (κ1) is 21.0. The summed E-state index contributed by atoms with van der Waals surface area (Å²) >= 11 is 7.22. The Morgan fingerprint density at radius 1 is 1.31 bits per heavy atom. The second-order valence-electron chi connectivity index (χ2n) is 9.97. The van der Waals surface area contributed by atoms with Crippen molar-refractivity contribution in [2.45, 2.75) is 63.3 Å². The highest BCUT2D eigenvalue weighted by Crippen LogP contribution is 2.71. The summed E-state index contributed by atoms with van der Waals surface area (Å²) in [7, 11) is 0. The average molecular weight is 427 g/mol. The first-order chi connectivity index (χ1) is 13.4. The van der Waals surface area contributed by atoms with Gasteiger partial charge in [-0.1, -0.05) is 26.8 Å². The molecule has 0 aliphatic heterocycles. The zero-order chi connectivity index (χ0) is 21.5. The van der Waals surface area contributed by atoms with E-state index in [0.717, 1.165) is 0 Å². The molecule has 7 heteroatoms. The van der Waals surface area contributed by atoms with E-state index >= 15 is 4.39 Å². The minimum atomic E-state index is -1.54. The molecule has 29 heavy (non-hydrogen) atoms. The van der Waals surface area contributed by atoms with Crippen LogP contribution in [0.1, 0.15) is 40.0 Å². The van der Waals surface area contributed by atoms with E-state index in [1.54, 1.807) is 13.0 Å². The third-order valence-corrected chi connectivity index (χ3v) is 9.58. The molecule has 4 rings (SSSR count). The molecule has 3 saturated carbocycles. The molecule has 0 bridgehead atoms. The fourth-order valence-corrected chi connectivity index (χ4v) is 7.92. The lowest BCUT2D eigenvalue weighted by Crippen LogP contribution is -2.68. The van der Waals surface area contributed by atoms with Gasteiger partial charge in [0.2, 0.25) is 0 Å². The van der Waals surface area contributed by atoms with Crippen molar-refractivity contribution in [3.8, 4) is 0 Å². The van der Waals surface area contributed by atoms with Crippen molar-refractivity contribution in [3.63, 3.8) is 0 Å². The molecule has 0 amide bonds. The van der Waals surface area contributed by atoms with Gasteiger partial charge in [0.1, 0.15) is 6.17 Å². The summed E-state index contributed by atoms with van der Waals surface area (Å²) in [6.07, 6.45) is 1.29. The molecule has 0 saturated heterocycles. The zero-order valence-corrected chi connectivity index (χ0v) is 17.6. The summed E-state index contributed by atoms with van der Waals surface area (Å²) in [6.45, 7) is 5.59. The van der Waals surface area contributed by atoms with Crippen LogP contribution in [0.15, 0.2) is 23.8 Å². The summed E-state index contributed by atoms with van der Waals surface area (Å²) in [5.74, 6) is -2.77. The number of aliphatic hydroxyl groups is 2. The van der Waals surface area contributed by atoms with Crippen LogP contribution < -0.4 is 0 Å². The fourth-order valence-electron chi connectivity index (χ4n) is 7.43. The highest BCUT2D eigenvalue weighted by atomic mass is 35.5. The molecule has 5 nitrogen and oxygen atoms in total. The van der Waals surface area contributed by atoms with Crippen LogP contribution in [-0.4, -0.2) is 50.3 Å². The van der Waals surface area contributed by atoms with Crippen molar-refractivity contribution in [3.05, 3.63) is 23.8 Å². The molecule has 4 aliphatic carbocycles. The minimum absolute atomic E-state index is 0.0754. The number of ketones is 1. The highest BCUT2D eigenvalue weighted by molar-refractivity contribution is 6.26. The number of aliphatic hydroxyl groups excluding tert-OH is 2. The lowest BCUT2D eigenvalue weighted by molar-refractivity contribution is -0.160. The van der Waals surface area contributed by atoms with Gasteiger partial charge in [-0.05, 0) is 60.2 Å². The van der Waals surface area contributed by atoms with E-state index in [2.05, 4.69) is 0 Å². The van der Waals surface area contributed by atoms with Gasteiger partial charge in [0.05, 0.1) is 11.0 Å². The molecule has 3 N–H and O–H groups in total.